The molecule has 1 aromatic rings. The van der Waals surface area contributed by atoms with Crippen molar-refractivity contribution in [3.05, 3.63) is 47.2 Å². The molecule has 0 aliphatic rings. The molecule has 146 valence electrons. The Morgan fingerprint density at radius 2 is 1.96 bits per heavy atom. The van der Waals surface area contributed by atoms with Crippen molar-refractivity contribution in [3.8, 4) is 0 Å². The molecule has 0 saturated heterocycles. The van der Waals surface area contributed by atoms with Gasteiger partial charge in [0.1, 0.15) is 5.76 Å². The van der Waals surface area contributed by atoms with Crippen molar-refractivity contribution in [3.63, 3.8) is 0 Å². The van der Waals surface area contributed by atoms with Crippen LogP contribution >= 0.6 is 0 Å². The molecule has 0 aromatic heterocycles. The Balaban J connectivity index is 2.71. The normalized spacial score (nSPS) is 11.8. The molecule has 1 aromatic carbocycles. The van der Waals surface area contributed by atoms with Gasteiger partial charge in [0.2, 0.25) is 0 Å². The van der Waals surface area contributed by atoms with E-state index >= 15 is 0 Å². The molecule has 4 nitrogen and oxygen atoms in total. The van der Waals surface area contributed by atoms with Gasteiger partial charge in [-0.05, 0) is 43.9 Å². The SMILES string of the molecule is C/C=C(/CN(CCC(=O)O)Cc1cccc(CCCCCC)c1)OCC. The smallest absolute Gasteiger partial charge is 0.304 e. The van der Waals surface area contributed by atoms with Crippen LogP contribution in [0.4, 0.5) is 0 Å². The lowest BCUT2D eigenvalue weighted by molar-refractivity contribution is -0.137. The van der Waals surface area contributed by atoms with Crippen LogP contribution < -0.4 is 0 Å². The van der Waals surface area contributed by atoms with E-state index in [1.807, 2.05) is 19.9 Å². The fourth-order valence-electron chi connectivity index (χ4n) is 2.99. The molecule has 0 spiro atoms. The summed E-state index contributed by atoms with van der Waals surface area (Å²) in [6.45, 7) is 8.66. The van der Waals surface area contributed by atoms with E-state index < -0.39 is 5.97 Å². The standard InChI is InChI=1S/C22H35NO3/c1-4-7-8-9-11-19-12-10-13-20(16-19)17-23(15-14-22(24)25)18-21(5-2)26-6-3/h5,10,12-13,16H,4,6-9,11,14-15,17-18H2,1-3H3,(H,24,25)/b21-5-. The Morgan fingerprint density at radius 1 is 1.19 bits per heavy atom. The number of ether oxygens (including phenoxy) is 1. The maximum atomic E-state index is 11.0. The van der Waals surface area contributed by atoms with Crippen molar-refractivity contribution < 1.29 is 14.6 Å². The average Bonchev–Trinajstić information content (AvgIpc) is 2.63. The molecule has 0 aliphatic carbocycles. The molecule has 0 amide bonds. The first-order valence-electron chi connectivity index (χ1n) is 9.89. The van der Waals surface area contributed by atoms with Gasteiger partial charge in [-0.15, -0.1) is 0 Å². The molecule has 1 N–H and O–H groups in total. The van der Waals surface area contributed by atoms with Gasteiger partial charge in [-0.2, -0.15) is 0 Å². The number of rotatable bonds is 14. The van der Waals surface area contributed by atoms with E-state index in [-0.39, 0.29) is 6.42 Å². The van der Waals surface area contributed by atoms with E-state index in [1.165, 1.54) is 36.8 Å². The molecule has 0 aliphatic heterocycles. The van der Waals surface area contributed by atoms with Crippen LogP contribution in [0.1, 0.15) is 64.0 Å². The third-order valence-electron chi connectivity index (χ3n) is 4.39. The van der Waals surface area contributed by atoms with Crippen LogP contribution in [-0.2, 0) is 22.5 Å². The second-order valence-corrected chi connectivity index (χ2v) is 6.67. The molecule has 0 bridgehead atoms. The van der Waals surface area contributed by atoms with Gasteiger partial charge in [-0.25, -0.2) is 0 Å². The molecule has 0 unspecified atom stereocenters. The number of carboxylic acid groups (broad SMARTS) is 1. The van der Waals surface area contributed by atoms with E-state index in [2.05, 4.69) is 36.1 Å². The highest BCUT2D eigenvalue weighted by Gasteiger charge is 2.11. The van der Waals surface area contributed by atoms with Gasteiger partial charge in [-0.1, -0.05) is 50.5 Å². The molecular formula is C22H35NO3. The number of carboxylic acids is 1. The number of unbranched alkanes of at least 4 members (excludes halogenated alkanes) is 3. The molecule has 0 atom stereocenters. The molecule has 1 rings (SSSR count). The van der Waals surface area contributed by atoms with Gasteiger partial charge in [0.05, 0.1) is 19.6 Å². The summed E-state index contributed by atoms with van der Waals surface area (Å²) in [4.78, 5) is 13.1. The number of nitrogens with zero attached hydrogens (tertiary/aromatic N) is 1. The average molecular weight is 362 g/mol. The van der Waals surface area contributed by atoms with Crippen molar-refractivity contribution in [1.82, 2.24) is 4.90 Å². The summed E-state index contributed by atoms with van der Waals surface area (Å²) in [5, 5.41) is 9.04. The quantitative estimate of drug-likeness (QED) is 0.373. The maximum absolute atomic E-state index is 11.0. The number of hydrogen-bond donors (Lipinski definition) is 1. The lowest BCUT2D eigenvalue weighted by Gasteiger charge is -2.23. The van der Waals surface area contributed by atoms with Crippen molar-refractivity contribution in [2.24, 2.45) is 0 Å². The lowest BCUT2D eigenvalue weighted by Crippen LogP contribution is -2.29. The van der Waals surface area contributed by atoms with E-state index in [9.17, 15) is 4.79 Å². The Morgan fingerprint density at radius 3 is 2.62 bits per heavy atom. The second kappa shape index (κ2) is 13.4. The maximum Gasteiger partial charge on any atom is 0.304 e. The van der Waals surface area contributed by atoms with Gasteiger partial charge in [0, 0.05) is 13.1 Å². The Hall–Kier alpha value is -1.81. The van der Waals surface area contributed by atoms with E-state index in [0.29, 0.717) is 19.7 Å². The van der Waals surface area contributed by atoms with Gasteiger partial charge in [0.25, 0.3) is 0 Å². The third kappa shape index (κ3) is 9.62. The first-order chi connectivity index (χ1) is 12.6. The van der Waals surface area contributed by atoms with Gasteiger partial charge in [0.15, 0.2) is 0 Å². The monoisotopic (exact) mass is 361 g/mol. The fraction of sp³-hybridized carbons (Fsp3) is 0.591. The summed E-state index contributed by atoms with van der Waals surface area (Å²) in [7, 11) is 0. The summed E-state index contributed by atoms with van der Waals surface area (Å²) in [5.74, 6) is 0.131. The van der Waals surface area contributed by atoms with Crippen molar-refractivity contribution >= 4 is 5.97 Å². The van der Waals surface area contributed by atoms with Crippen LogP contribution in [-0.4, -0.2) is 35.7 Å². The minimum absolute atomic E-state index is 0.139. The minimum Gasteiger partial charge on any atom is -0.497 e. The number of aryl methyl sites for hydroxylation is 1. The zero-order valence-corrected chi connectivity index (χ0v) is 16.7. The van der Waals surface area contributed by atoms with Crippen molar-refractivity contribution in [2.45, 2.75) is 65.8 Å². The van der Waals surface area contributed by atoms with Crippen molar-refractivity contribution in [2.75, 3.05) is 19.7 Å². The zero-order valence-electron chi connectivity index (χ0n) is 16.7. The van der Waals surface area contributed by atoms with Gasteiger partial charge < -0.3 is 9.84 Å². The Bertz CT molecular complexity index is 554. The van der Waals surface area contributed by atoms with Crippen LogP contribution in [0.25, 0.3) is 0 Å². The predicted molar refractivity (Wildman–Crippen MR) is 107 cm³/mol. The number of aliphatic carboxylic acids is 1. The van der Waals surface area contributed by atoms with Crippen molar-refractivity contribution in [1.29, 1.82) is 0 Å². The van der Waals surface area contributed by atoms with Crippen LogP contribution in [0.15, 0.2) is 36.1 Å². The largest absolute Gasteiger partial charge is 0.497 e. The summed E-state index contributed by atoms with van der Waals surface area (Å²) >= 11 is 0. The summed E-state index contributed by atoms with van der Waals surface area (Å²) in [6.07, 6.45) is 8.28. The first kappa shape index (κ1) is 22.2. The molecule has 0 heterocycles. The number of benzene rings is 1. The fourth-order valence-corrected chi connectivity index (χ4v) is 2.99. The van der Waals surface area contributed by atoms with Crippen LogP contribution in [0.3, 0.4) is 0 Å². The number of allylic oxidation sites excluding steroid dienone is 1. The Labute approximate surface area is 158 Å². The van der Waals surface area contributed by atoms with Crippen LogP contribution in [0.5, 0.6) is 0 Å². The van der Waals surface area contributed by atoms with Gasteiger partial charge >= 0.3 is 5.97 Å². The molecule has 4 heteroatoms. The highest BCUT2D eigenvalue weighted by molar-refractivity contribution is 5.66. The lowest BCUT2D eigenvalue weighted by atomic mass is 10.0. The third-order valence-corrected chi connectivity index (χ3v) is 4.39. The number of carbonyl (C=O) groups is 1. The second-order valence-electron chi connectivity index (χ2n) is 6.67. The van der Waals surface area contributed by atoms with Gasteiger partial charge in [-0.3, -0.25) is 9.69 Å². The summed E-state index contributed by atoms with van der Waals surface area (Å²) in [5.41, 5.74) is 2.60. The van der Waals surface area contributed by atoms with Crippen LogP contribution in [0, 0.1) is 0 Å². The first-order valence-corrected chi connectivity index (χ1v) is 9.89. The highest BCUT2D eigenvalue weighted by atomic mass is 16.5. The summed E-state index contributed by atoms with van der Waals surface area (Å²) in [6, 6.07) is 8.68. The molecule has 0 fully saturated rings. The molecule has 26 heavy (non-hydrogen) atoms. The molecule has 0 saturated carbocycles. The zero-order chi connectivity index (χ0) is 19.2. The Kier molecular flexibility index (Phi) is 11.5. The minimum atomic E-state index is -0.766. The number of hydrogen-bond acceptors (Lipinski definition) is 3. The van der Waals surface area contributed by atoms with E-state index in [1.54, 1.807) is 0 Å². The molecular weight excluding hydrogens is 326 g/mol. The topological polar surface area (TPSA) is 49.8 Å². The van der Waals surface area contributed by atoms with E-state index in [0.717, 1.165) is 18.7 Å². The molecule has 0 radical (unpaired) electrons. The van der Waals surface area contributed by atoms with Crippen LogP contribution in [0.2, 0.25) is 0 Å². The summed E-state index contributed by atoms with van der Waals surface area (Å²) < 4.78 is 5.64. The van der Waals surface area contributed by atoms with E-state index in [4.69, 9.17) is 9.84 Å². The highest BCUT2D eigenvalue weighted by Crippen LogP contribution is 2.14. The predicted octanol–water partition coefficient (Wildman–Crippen LogP) is 5.03.